The fourth-order valence-electron chi connectivity index (χ4n) is 1.54. The molecule has 1 atom stereocenters. The van der Waals surface area contributed by atoms with Crippen molar-refractivity contribution < 1.29 is 4.74 Å². The van der Waals surface area contributed by atoms with E-state index in [9.17, 15) is 0 Å². The van der Waals surface area contributed by atoms with Gasteiger partial charge < -0.3 is 16.2 Å². The molecule has 0 heterocycles. The number of aryl methyl sites for hydroxylation is 1. The summed E-state index contributed by atoms with van der Waals surface area (Å²) in [7, 11) is 1.62. The van der Waals surface area contributed by atoms with Gasteiger partial charge in [0.2, 0.25) is 0 Å². The normalized spacial score (nSPS) is 14.8. The molecule has 4 N–H and O–H groups in total. The Morgan fingerprint density at radius 3 is 2.53 bits per heavy atom. The van der Waals surface area contributed by atoms with Crippen molar-refractivity contribution in [3.63, 3.8) is 0 Å². The van der Waals surface area contributed by atoms with E-state index in [1.54, 1.807) is 13.2 Å². The molecule has 1 aromatic rings. The van der Waals surface area contributed by atoms with Gasteiger partial charge in [0, 0.05) is 17.1 Å². The third kappa shape index (κ3) is 2.43. The van der Waals surface area contributed by atoms with Crippen LogP contribution in [0.25, 0.3) is 0 Å². The molecule has 4 heteroatoms. The van der Waals surface area contributed by atoms with Gasteiger partial charge in [-0.2, -0.15) is 0 Å². The second-order valence-electron chi connectivity index (χ2n) is 3.93. The number of rotatable bonds is 3. The summed E-state index contributed by atoms with van der Waals surface area (Å²) in [6, 6.07) is 3.65. The summed E-state index contributed by atoms with van der Waals surface area (Å²) in [6.07, 6.45) is 0. The van der Waals surface area contributed by atoms with Crippen molar-refractivity contribution in [2.45, 2.75) is 19.4 Å². The summed E-state index contributed by atoms with van der Waals surface area (Å²) in [6.45, 7) is 4.13. The Hall–Kier alpha value is -0.770. The van der Waals surface area contributed by atoms with Crippen LogP contribution < -0.4 is 16.2 Å². The van der Waals surface area contributed by atoms with Gasteiger partial charge in [0.05, 0.1) is 12.6 Å². The van der Waals surface area contributed by atoms with Crippen molar-refractivity contribution in [3.05, 3.63) is 28.3 Å². The van der Waals surface area contributed by atoms with E-state index in [0.29, 0.717) is 11.6 Å². The molecule has 84 valence electrons. The van der Waals surface area contributed by atoms with E-state index in [2.05, 4.69) is 0 Å². The molecule has 0 aromatic heterocycles. The van der Waals surface area contributed by atoms with Gasteiger partial charge in [0.25, 0.3) is 0 Å². The molecule has 0 bridgehead atoms. The second kappa shape index (κ2) is 4.39. The summed E-state index contributed by atoms with van der Waals surface area (Å²) in [5.41, 5.74) is 12.9. The van der Waals surface area contributed by atoms with Crippen LogP contribution in [0.4, 0.5) is 0 Å². The lowest BCUT2D eigenvalue weighted by molar-refractivity contribution is 0.386. The molecule has 0 saturated carbocycles. The summed E-state index contributed by atoms with van der Waals surface area (Å²) < 4.78 is 5.33. The molecule has 0 radical (unpaired) electrons. The van der Waals surface area contributed by atoms with Crippen molar-refractivity contribution in [1.29, 1.82) is 0 Å². The SMILES string of the molecule is COc1c(C)cc(Cl)cc1C(C)(N)CN. The molecular weight excluding hydrogens is 212 g/mol. The molecule has 1 unspecified atom stereocenters. The second-order valence-corrected chi connectivity index (χ2v) is 4.36. The van der Waals surface area contributed by atoms with Gasteiger partial charge in [-0.3, -0.25) is 0 Å². The number of nitrogens with two attached hydrogens (primary N) is 2. The Morgan fingerprint density at radius 2 is 2.07 bits per heavy atom. The van der Waals surface area contributed by atoms with Gasteiger partial charge in [-0.25, -0.2) is 0 Å². The maximum absolute atomic E-state index is 6.09. The molecule has 3 nitrogen and oxygen atoms in total. The Bertz CT molecular complexity index is 364. The van der Waals surface area contributed by atoms with Crippen LogP contribution in [0.2, 0.25) is 5.02 Å². The topological polar surface area (TPSA) is 61.3 Å². The number of ether oxygens (including phenoxy) is 1. The molecule has 0 spiro atoms. The summed E-state index contributed by atoms with van der Waals surface area (Å²) >= 11 is 5.99. The predicted octanol–water partition coefficient (Wildman–Crippen LogP) is 1.79. The monoisotopic (exact) mass is 228 g/mol. The van der Waals surface area contributed by atoms with E-state index in [4.69, 9.17) is 27.8 Å². The highest BCUT2D eigenvalue weighted by Crippen LogP contribution is 2.33. The van der Waals surface area contributed by atoms with Crippen molar-refractivity contribution in [3.8, 4) is 5.75 Å². The first kappa shape index (κ1) is 12.3. The lowest BCUT2D eigenvalue weighted by Gasteiger charge is -2.26. The highest BCUT2D eigenvalue weighted by Gasteiger charge is 2.24. The van der Waals surface area contributed by atoms with Gasteiger partial charge in [-0.05, 0) is 31.5 Å². The molecule has 0 aliphatic heterocycles. The molecule has 15 heavy (non-hydrogen) atoms. The minimum atomic E-state index is -0.624. The summed E-state index contributed by atoms with van der Waals surface area (Å²) in [5, 5.41) is 0.647. The number of hydrogen-bond donors (Lipinski definition) is 2. The third-order valence-corrected chi connectivity index (χ3v) is 2.70. The average Bonchev–Trinajstić information content (AvgIpc) is 2.16. The van der Waals surface area contributed by atoms with Crippen LogP contribution in [0.1, 0.15) is 18.1 Å². The van der Waals surface area contributed by atoms with E-state index in [-0.39, 0.29) is 0 Å². The number of halogens is 1. The van der Waals surface area contributed by atoms with Crippen molar-refractivity contribution in [1.82, 2.24) is 0 Å². The van der Waals surface area contributed by atoms with Gasteiger partial charge in [0.15, 0.2) is 0 Å². The van der Waals surface area contributed by atoms with Gasteiger partial charge in [0.1, 0.15) is 5.75 Å². The maximum atomic E-state index is 6.09. The third-order valence-electron chi connectivity index (χ3n) is 2.48. The molecule has 1 rings (SSSR count). The van der Waals surface area contributed by atoms with E-state index in [1.807, 2.05) is 19.9 Å². The first-order valence-corrected chi connectivity index (χ1v) is 5.13. The van der Waals surface area contributed by atoms with E-state index >= 15 is 0 Å². The van der Waals surface area contributed by atoms with Crippen molar-refractivity contribution >= 4 is 11.6 Å². The smallest absolute Gasteiger partial charge is 0.126 e. The summed E-state index contributed by atoms with van der Waals surface area (Å²) in [5.74, 6) is 0.759. The Labute approximate surface area is 95.4 Å². The minimum Gasteiger partial charge on any atom is -0.496 e. The molecule has 0 saturated heterocycles. The zero-order valence-corrected chi connectivity index (χ0v) is 10.1. The lowest BCUT2D eigenvalue weighted by Crippen LogP contribution is -2.41. The molecule has 0 aliphatic rings. The molecule has 0 fully saturated rings. The highest BCUT2D eigenvalue weighted by molar-refractivity contribution is 6.30. The Morgan fingerprint density at radius 1 is 1.47 bits per heavy atom. The fourth-order valence-corrected chi connectivity index (χ4v) is 1.81. The van der Waals surface area contributed by atoms with Crippen LogP contribution in [0, 0.1) is 6.92 Å². The van der Waals surface area contributed by atoms with Crippen LogP contribution >= 0.6 is 11.6 Å². The zero-order chi connectivity index (χ0) is 11.6. The van der Waals surface area contributed by atoms with Gasteiger partial charge >= 0.3 is 0 Å². The zero-order valence-electron chi connectivity index (χ0n) is 9.30. The molecule has 0 amide bonds. The summed E-state index contributed by atoms with van der Waals surface area (Å²) in [4.78, 5) is 0. The largest absolute Gasteiger partial charge is 0.496 e. The average molecular weight is 229 g/mol. The van der Waals surface area contributed by atoms with Crippen LogP contribution in [0.15, 0.2) is 12.1 Å². The first-order valence-electron chi connectivity index (χ1n) is 4.76. The van der Waals surface area contributed by atoms with Crippen molar-refractivity contribution in [2.75, 3.05) is 13.7 Å². The van der Waals surface area contributed by atoms with Crippen molar-refractivity contribution in [2.24, 2.45) is 11.5 Å². The number of benzene rings is 1. The highest BCUT2D eigenvalue weighted by atomic mass is 35.5. The molecular formula is C11H17ClN2O. The van der Waals surface area contributed by atoms with Crippen LogP contribution in [-0.4, -0.2) is 13.7 Å². The quantitative estimate of drug-likeness (QED) is 0.829. The fraction of sp³-hybridized carbons (Fsp3) is 0.455. The van der Waals surface area contributed by atoms with E-state index in [1.165, 1.54) is 0 Å². The Kier molecular flexibility index (Phi) is 3.60. The first-order chi connectivity index (χ1) is 6.92. The lowest BCUT2D eigenvalue weighted by atomic mass is 9.91. The van der Waals surface area contributed by atoms with E-state index < -0.39 is 5.54 Å². The number of hydrogen-bond acceptors (Lipinski definition) is 3. The van der Waals surface area contributed by atoms with Crippen LogP contribution in [0.3, 0.4) is 0 Å². The Balaban J connectivity index is 3.39. The number of methoxy groups -OCH3 is 1. The van der Waals surface area contributed by atoms with Gasteiger partial charge in [-0.1, -0.05) is 11.6 Å². The van der Waals surface area contributed by atoms with Crippen LogP contribution in [0.5, 0.6) is 5.75 Å². The van der Waals surface area contributed by atoms with Gasteiger partial charge in [-0.15, -0.1) is 0 Å². The maximum Gasteiger partial charge on any atom is 0.126 e. The predicted molar refractivity (Wildman–Crippen MR) is 63.3 cm³/mol. The minimum absolute atomic E-state index is 0.336. The molecule has 1 aromatic carbocycles. The van der Waals surface area contributed by atoms with Crippen LogP contribution in [-0.2, 0) is 5.54 Å². The van der Waals surface area contributed by atoms with E-state index in [0.717, 1.165) is 16.9 Å². The standard InChI is InChI=1S/C11H17ClN2O/c1-7-4-8(12)5-9(10(7)15-3)11(2,14)6-13/h4-5H,6,13-14H2,1-3H3. The molecule has 0 aliphatic carbocycles.